The van der Waals surface area contributed by atoms with Gasteiger partial charge in [-0.25, -0.2) is 4.98 Å². The maximum absolute atomic E-state index is 11.3. The number of rotatable bonds is 8. The zero-order valence-electron chi connectivity index (χ0n) is 24.5. The van der Waals surface area contributed by atoms with Crippen LogP contribution in [0.5, 0.6) is 0 Å². The van der Waals surface area contributed by atoms with E-state index in [2.05, 4.69) is 52.5 Å². The lowest BCUT2D eigenvalue weighted by atomic mass is 9.57. The summed E-state index contributed by atoms with van der Waals surface area (Å²) < 4.78 is 5.83. The number of aryl methyl sites for hydroxylation is 1. The topological polar surface area (TPSA) is 86.7 Å². The fraction of sp³-hybridized carbons (Fsp3) is 0.676. The van der Waals surface area contributed by atoms with E-state index in [-0.39, 0.29) is 16.2 Å². The third-order valence-corrected chi connectivity index (χ3v) is 10.7. The number of oxazole rings is 1. The molecule has 3 N–H and O–H groups in total. The first-order chi connectivity index (χ1) is 18.5. The zero-order valence-corrected chi connectivity index (χ0v) is 24.5. The van der Waals surface area contributed by atoms with Crippen molar-refractivity contribution in [1.82, 2.24) is 4.98 Å². The minimum Gasteiger partial charge on any atom is -0.448 e. The van der Waals surface area contributed by atoms with Gasteiger partial charge in [0.15, 0.2) is 0 Å². The fourth-order valence-corrected chi connectivity index (χ4v) is 8.24. The van der Waals surface area contributed by atoms with Crippen LogP contribution in [0.4, 0.5) is 0 Å². The normalized spacial score (nSPS) is 35.6. The van der Waals surface area contributed by atoms with Crippen molar-refractivity contribution in [3.8, 4) is 0 Å². The van der Waals surface area contributed by atoms with E-state index in [1.165, 1.54) is 31.3 Å². The van der Waals surface area contributed by atoms with Crippen molar-refractivity contribution in [3.05, 3.63) is 65.5 Å². The highest BCUT2D eigenvalue weighted by molar-refractivity contribution is 5.39. The summed E-state index contributed by atoms with van der Waals surface area (Å²) in [5.41, 5.74) is 4.02. The second-order valence-corrected chi connectivity index (χ2v) is 13.8. The van der Waals surface area contributed by atoms with Crippen LogP contribution in [0.3, 0.4) is 0 Å². The molecule has 1 aromatic heterocycles. The van der Waals surface area contributed by atoms with Crippen molar-refractivity contribution in [2.45, 2.75) is 122 Å². The second-order valence-electron chi connectivity index (χ2n) is 13.8. The molecule has 4 fully saturated rings. The van der Waals surface area contributed by atoms with Gasteiger partial charge in [0.1, 0.15) is 6.26 Å². The summed E-state index contributed by atoms with van der Waals surface area (Å²) >= 11 is 0. The molecule has 0 saturated heterocycles. The highest BCUT2D eigenvalue weighted by Gasteiger charge is 2.55. The predicted molar refractivity (Wildman–Crippen MR) is 155 cm³/mol. The largest absolute Gasteiger partial charge is 0.448 e. The van der Waals surface area contributed by atoms with Crippen LogP contribution in [-0.2, 0) is 11.8 Å². The SMILES string of the molecule is C=C1C(=CC=C2CCC[C@]3(C)[C@@H](C(C)(C)C=C[C@@H](O)C4(c5nc(CCC)co5)CC4)CC[C@@H]23)C[C@@H](O)C[C@@H]1O. The third-order valence-electron chi connectivity index (χ3n) is 10.7. The molecular formula is C34H49NO4. The summed E-state index contributed by atoms with van der Waals surface area (Å²) in [6.07, 6.45) is 19.3. The number of aromatic nitrogens is 1. The molecule has 0 aliphatic heterocycles. The molecule has 6 atom stereocenters. The summed E-state index contributed by atoms with van der Waals surface area (Å²) in [7, 11) is 0. The number of nitrogens with zero attached hydrogens (tertiary/aromatic N) is 1. The van der Waals surface area contributed by atoms with Crippen molar-refractivity contribution in [3.63, 3.8) is 0 Å². The quantitative estimate of drug-likeness (QED) is 0.321. The van der Waals surface area contributed by atoms with Gasteiger partial charge in [0, 0.05) is 6.42 Å². The third kappa shape index (κ3) is 5.39. The Labute approximate surface area is 234 Å². The number of fused-ring (bicyclic) bond motifs is 1. The average Bonchev–Trinajstić information content (AvgIpc) is 3.41. The van der Waals surface area contributed by atoms with Gasteiger partial charge in [0.05, 0.1) is 29.4 Å². The van der Waals surface area contributed by atoms with Gasteiger partial charge in [-0.2, -0.15) is 0 Å². The van der Waals surface area contributed by atoms with E-state index in [4.69, 9.17) is 9.40 Å². The molecule has 0 spiro atoms. The predicted octanol–water partition coefficient (Wildman–Crippen LogP) is 6.74. The standard InChI is InChI=1S/C34H49NO4/c1-6-8-25-21-39-31(35-25)34(17-18-34)30(38)14-16-32(3,4)29-13-12-27-23(9-7-15-33(27,29)5)10-11-24-19-26(36)20-28(37)22(24)2/h10-11,14,16,21,26-30,36-38H,2,6-9,12-13,15,17-20H2,1,3-5H3/t26-,27+,28+,29-,30-,33+/m1/s1. The van der Waals surface area contributed by atoms with Crippen molar-refractivity contribution < 1.29 is 19.7 Å². The first-order valence-electron chi connectivity index (χ1n) is 15.3. The van der Waals surface area contributed by atoms with Crippen molar-refractivity contribution in [1.29, 1.82) is 0 Å². The van der Waals surface area contributed by atoms with Gasteiger partial charge in [0.25, 0.3) is 0 Å². The molecule has 4 saturated carbocycles. The first-order valence-corrected chi connectivity index (χ1v) is 15.3. The molecule has 0 aromatic carbocycles. The monoisotopic (exact) mass is 535 g/mol. The number of hydrogen-bond acceptors (Lipinski definition) is 5. The lowest BCUT2D eigenvalue weighted by molar-refractivity contribution is 0.0705. The Morgan fingerprint density at radius 2 is 1.97 bits per heavy atom. The Kier molecular flexibility index (Phi) is 7.91. The number of hydrogen-bond donors (Lipinski definition) is 3. The van der Waals surface area contributed by atoms with Gasteiger partial charge in [-0.15, -0.1) is 0 Å². The molecule has 1 aromatic rings. The highest BCUT2D eigenvalue weighted by atomic mass is 16.3. The zero-order chi connectivity index (χ0) is 28.0. The molecular weight excluding hydrogens is 486 g/mol. The fourth-order valence-electron chi connectivity index (χ4n) is 8.24. The highest BCUT2D eigenvalue weighted by Crippen LogP contribution is 2.62. The molecule has 5 nitrogen and oxygen atoms in total. The van der Waals surface area contributed by atoms with E-state index in [1.54, 1.807) is 6.26 Å². The summed E-state index contributed by atoms with van der Waals surface area (Å²) in [4.78, 5) is 4.71. The number of aliphatic hydroxyl groups is 3. The number of aliphatic hydroxyl groups excluding tert-OH is 3. The van der Waals surface area contributed by atoms with Crippen LogP contribution in [0.25, 0.3) is 0 Å². The Bertz CT molecular complexity index is 1150. The smallest absolute Gasteiger partial charge is 0.203 e. The number of allylic oxidation sites excluding steroid dienone is 4. The molecule has 0 unspecified atom stereocenters. The summed E-state index contributed by atoms with van der Waals surface area (Å²) in [6.45, 7) is 13.4. The molecule has 5 rings (SSSR count). The second kappa shape index (κ2) is 10.8. The van der Waals surface area contributed by atoms with Crippen LogP contribution in [0.15, 0.2) is 58.3 Å². The van der Waals surface area contributed by atoms with Crippen LogP contribution in [0.2, 0.25) is 0 Å². The Morgan fingerprint density at radius 1 is 1.21 bits per heavy atom. The van der Waals surface area contributed by atoms with E-state index < -0.39 is 18.3 Å². The Hall–Kier alpha value is -1.95. The minimum absolute atomic E-state index is 0.0443. The molecule has 0 amide bonds. The molecule has 214 valence electrons. The molecule has 1 heterocycles. The van der Waals surface area contributed by atoms with Crippen LogP contribution in [0.1, 0.15) is 103 Å². The van der Waals surface area contributed by atoms with Gasteiger partial charge >= 0.3 is 0 Å². The molecule has 4 aliphatic rings. The van der Waals surface area contributed by atoms with Gasteiger partial charge in [-0.1, -0.05) is 70.6 Å². The molecule has 0 bridgehead atoms. The molecule has 0 radical (unpaired) electrons. The van der Waals surface area contributed by atoms with E-state index in [0.717, 1.165) is 48.9 Å². The lowest BCUT2D eigenvalue weighted by Crippen LogP contribution is -2.39. The van der Waals surface area contributed by atoms with Crippen molar-refractivity contribution in [2.75, 3.05) is 0 Å². The Morgan fingerprint density at radius 3 is 2.69 bits per heavy atom. The van der Waals surface area contributed by atoms with Crippen LogP contribution in [-0.4, -0.2) is 38.6 Å². The van der Waals surface area contributed by atoms with Crippen LogP contribution < -0.4 is 0 Å². The Balaban J connectivity index is 1.31. The van der Waals surface area contributed by atoms with E-state index >= 15 is 0 Å². The van der Waals surface area contributed by atoms with Crippen molar-refractivity contribution in [2.24, 2.45) is 22.7 Å². The van der Waals surface area contributed by atoms with Crippen molar-refractivity contribution >= 4 is 0 Å². The maximum Gasteiger partial charge on any atom is 0.203 e. The van der Waals surface area contributed by atoms with Gasteiger partial charge in [-0.05, 0) is 91.6 Å². The molecule has 39 heavy (non-hydrogen) atoms. The first kappa shape index (κ1) is 28.6. The minimum atomic E-state index is -0.648. The van der Waals surface area contributed by atoms with Gasteiger partial charge < -0.3 is 19.7 Å². The summed E-state index contributed by atoms with van der Waals surface area (Å²) in [5, 5.41) is 31.7. The van der Waals surface area contributed by atoms with Crippen LogP contribution >= 0.6 is 0 Å². The molecule has 4 aliphatic carbocycles. The lowest BCUT2D eigenvalue weighted by Gasteiger charge is -2.47. The average molecular weight is 536 g/mol. The van der Waals surface area contributed by atoms with Gasteiger partial charge in [0.2, 0.25) is 5.89 Å². The molecule has 5 heteroatoms. The van der Waals surface area contributed by atoms with E-state index in [9.17, 15) is 15.3 Å². The van der Waals surface area contributed by atoms with E-state index in [1.807, 2.05) is 6.08 Å². The summed E-state index contributed by atoms with van der Waals surface area (Å²) in [6, 6.07) is 0. The summed E-state index contributed by atoms with van der Waals surface area (Å²) in [5.74, 6) is 1.76. The van der Waals surface area contributed by atoms with Gasteiger partial charge in [-0.3, -0.25) is 0 Å². The van der Waals surface area contributed by atoms with Crippen LogP contribution in [0, 0.1) is 22.7 Å². The maximum atomic E-state index is 11.3. The van der Waals surface area contributed by atoms with E-state index in [0.29, 0.717) is 30.6 Å².